The number of aliphatic hydroxyl groups excluding tert-OH is 1. The van der Waals surface area contributed by atoms with E-state index in [-0.39, 0.29) is 4.47 Å². The molecule has 0 aliphatic rings. The number of hydrogen-bond acceptors (Lipinski definition) is 3. The first-order valence-corrected chi connectivity index (χ1v) is 5.63. The van der Waals surface area contributed by atoms with Crippen LogP contribution in [0.1, 0.15) is 10.4 Å². The molecule has 1 rings (SSSR count). The van der Waals surface area contributed by atoms with Gasteiger partial charge in [0.15, 0.2) is 6.10 Å². The number of phenols is 1. The fraction of sp³-hybridized carbons (Fsp3) is 0.300. The number of hydrogen-bond donors (Lipinski definition) is 3. The molecule has 0 fully saturated rings. The van der Waals surface area contributed by atoms with E-state index in [9.17, 15) is 27.5 Å². The van der Waals surface area contributed by atoms with Crippen LogP contribution in [0.3, 0.4) is 0 Å². The van der Waals surface area contributed by atoms with Gasteiger partial charge in [-0.2, -0.15) is 13.2 Å². The molecule has 1 aromatic carbocycles. The Morgan fingerprint density at radius 2 is 2.00 bits per heavy atom. The standard InChI is InChI=1S/C10H8BrF4NO3/c11-6-2-4(12)1-5(8(6)18)9(19)16-3-7(17)10(13,14)15/h1-2,7,17-18H,3H2,(H,16,19). The molecule has 1 unspecified atom stereocenters. The van der Waals surface area contributed by atoms with E-state index in [0.29, 0.717) is 6.07 Å². The number of phenolic OH excluding ortho intramolecular Hbond substituents is 1. The number of rotatable bonds is 3. The zero-order chi connectivity index (χ0) is 14.8. The lowest BCUT2D eigenvalue weighted by Gasteiger charge is -2.15. The van der Waals surface area contributed by atoms with E-state index in [4.69, 9.17) is 5.11 Å². The maximum Gasteiger partial charge on any atom is 0.416 e. The number of aliphatic hydroxyl groups is 1. The summed E-state index contributed by atoms with van der Waals surface area (Å²) in [6.07, 6.45) is -7.62. The second kappa shape index (κ2) is 5.74. The molecule has 0 saturated carbocycles. The predicted octanol–water partition coefficient (Wildman–Crippen LogP) is 1.95. The van der Waals surface area contributed by atoms with E-state index in [1.54, 1.807) is 5.32 Å². The third-order valence-corrected chi connectivity index (χ3v) is 2.71. The van der Waals surface area contributed by atoms with Crippen LogP contribution in [0.4, 0.5) is 17.6 Å². The van der Waals surface area contributed by atoms with Crippen LogP contribution in [0, 0.1) is 5.82 Å². The van der Waals surface area contributed by atoms with E-state index in [2.05, 4.69) is 15.9 Å². The maximum atomic E-state index is 13.0. The van der Waals surface area contributed by atoms with Crippen molar-refractivity contribution in [3.8, 4) is 5.75 Å². The molecule has 106 valence electrons. The van der Waals surface area contributed by atoms with E-state index in [0.717, 1.165) is 6.07 Å². The summed E-state index contributed by atoms with van der Waals surface area (Å²) in [7, 11) is 0. The molecule has 1 atom stereocenters. The van der Waals surface area contributed by atoms with Gasteiger partial charge < -0.3 is 15.5 Å². The molecule has 0 saturated heterocycles. The van der Waals surface area contributed by atoms with Crippen LogP contribution < -0.4 is 5.32 Å². The second-order valence-corrected chi connectivity index (χ2v) is 4.41. The Morgan fingerprint density at radius 3 is 2.53 bits per heavy atom. The molecular formula is C10H8BrF4NO3. The minimum Gasteiger partial charge on any atom is -0.506 e. The molecule has 0 aromatic heterocycles. The predicted molar refractivity (Wildman–Crippen MR) is 60.2 cm³/mol. The monoisotopic (exact) mass is 345 g/mol. The van der Waals surface area contributed by atoms with Crippen molar-refractivity contribution in [2.45, 2.75) is 12.3 Å². The van der Waals surface area contributed by atoms with Crippen molar-refractivity contribution < 1.29 is 32.6 Å². The number of benzene rings is 1. The van der Waals surface area contributed by atoms with E-state index < -0.39 is 41.9 Å². The summed E-state index contributed by atoms with van der Waals surface area (Å²) in [6.45, 7) is -1.10. The van der Waals surface area contributed by atoms with Crippen LogP contribution in [-0.4, -0.2) is 34.9 Å². The Kier molecular flexibility index (Phi) is 4.75. The van der Waals surface area contributed by atoms with Gasteiger partial charge in [-0.3, -0.25) is 4.79 Å². The van der Waals surface area contributed by atoms with Crippen molar-refractivity contribution >= 4 is 21.8 Å². The van der Waals surface area contributed by atoms with Crippen LogP contribution in [0.2, 0.25) is 0 Å². The van der Waals surface area contributed by atoms with Gasteiger partial charge in [0.05, 0.1) is 16.6 Å². The van der Waals surface area contributed by atoms with Crippen LogP contribution in [-0.2, 0) is 0 Å². The molecule has 0 radical (unpaired) electrons. The summed E-state index contributed by atoms with van der Waals surface area (Å²) in [5, 5.41) is 19.9. The average Bonchev–Trinajstić information content (AvgIpc) is 2.28. The van der Waals surface area contributed by atoms with Gasteiger partial charge in [-0.15, -0.1) is 0 Å². The topological polar surface area (TPSA) is 69.6 Å². The van der Waals surface area contributed by atoms with E-state index >= 15 is 0 Å². The fourth-order valence-electron chi connectivity index (χ4n) is 1.14. The Bertz CT molecular complexity index is 492. The number of carbonyl (C=O) groups excluding carboxylic acids is 1. The first-order chi connectivity index (χ1) is 8.62. The van der Waals surface area contributed by atoms with Crippen molar-refractivity contribution in [3.05, 3.63) is 28.0 Å². The summed E-state index contributed by atoms with van der Waals surface area (Å²) >= 11 is 2.78. The highest BCUT2D eigenvalue weighted by Crippen LogP contribution is 2.29. The molecule has 0 heterocycles. The highest BCUT2D eigenvalue weighted by molar-refractivity contribution is 9.10. The minimum absolute atomic E-state index is 0.117. The maximum absolute atomic E-state index is 13.0. The van der Waals surface area contributed by atoms with Gasteiger partial charge in [0, 0.05) is 0 Å². The lowest BCUT2D eigenvalue weighted by atomic mass is 10.2. The number of aromatic hydroxyl groups is 1. The number of amides is 1. The zero-order valence-corrected chi connectivity index (χ0v) is 10.7. The lowest BCUT2D eigenvalue weighted by Crippen LogP contribution is -2.40. The van der Waals surface area contributed by atoms with E-state index in [1.807, 2.05) is 0 Å². The minimum atomic E-state index is -4.88. The number of carbonyl (C=O) groups is 1. The molecule has 0 aliphatic carbocycles. The van der Waals surface area contributed by atoms with Crippen molar-refractivity contribution in [3.63, 3.8) is 0 Å². The van der Waals surface area contributed by atoms with Crippen molar-refractivity contribution in [1.82, 2.24) is 5.32 Å². The number of alkyl halides is 3. The zero-order valence-electron chi connectivity index (χ0n) is 9.13. The average molecular weight is 346 g/mol. The number of nitrogens with one attached hydrogen (secondary N) is 1. The molecule has 9 heteroatoms. The summed E-state index contributed by atoms with van der Waals surface area (Å²) in [4.78, 5) is 11.5. The molecule has 1 aromatic rings. The molecule has 0 spiro atoms. The lowest BCUT2D eigenvalue weighted by molar-refractivity contribution is -0.201. The Hall–Kier alpha value is -1.35. The normalized spacial score (nSPS) is 13.2. The van der Waals surface area contributed by atoms with Gasteiger partial charge in [-0.1, -0.05) is 0 Å². The van der Waals surface area contributed by atoms with Crippen molar-refractivity contribution in [1.29, 1.82) is 0 Å². The van der Waals surface area contributed by atoms with Crippen LogP contribution in [0.5, 0.6) is 5.75 Å². The quantitative estimate of drug-likeness (QED) is 0.733. The van der Waals surface area contributed by atoms with Gasteiger partial charge in [0.2, 0.25) is 0 Å². The van der Waals surface area contributed by atoms with Crippen LogP contribution in [0.25, 0.3) is 0 Å². The third kappa shape index (κ3) is 4.06. The van der Waals surface area contributed by atoms with Crippen LogP contribution >= 0.6 is 15.9 Å². The SMILES string of the molecule is O=C(NCC(O)C(F)(F)F)c1cc(F)cc(Br)c1O. The highest BCUT2D eigenvalue weighted by Gasteiger charge is 2.38. The molecule has 19 heavy (non-hydrogen) atoms. The summed E-state index contributed by atoms with van der Waals surface area (Å²) in [5.41, 5.74) is -0.541. The largest absolute Gasteiger partial charge is 0.506 e. The number of halogens is 5. The van der Waals surface area contributed by atoms with Crippen molar-refractivity contribution in [2.75, 3.05) is 6.54 Å². The fourth-order valence-corrected chi connectivity index (χ4v) is 1.57. The molecule has 0 aliphatic heterocycles. The van der Waals surface area contributed by atoms with Gasteiger partial charge in [0.25, 0.3) is 5.91 Å². The smallest absolute Gasteiger partial charge is 0.416 e. The van der Waals surface area contributed by atoms with Gasteiger partial charge in [-0.25, -0.2) is 4.39 Å². The van der Waals surface area contributed by atoms with Crippen molar-refractivity contribution in [2.24, 2.45) is 0 Å². The Balaban J connectivity index is 2.80. The summed E-state index contributed by atoms with van der Waals surface area (Å²) < 4.78 is 48.9. The molecule has 4 nitrogen and oxygen atoms in total. The first kappa shape index (κ1) is 15.7. The van der Waals surface area contributed by atoms with Gasteiger partial charge in [0.1, 0.15) is 11.6 Å². The molecule has 3 N–H and O–H groups in total. The highest BCUT2D eigenvalue weighted by atomic mass is 79.9. The summed E-state index contributed by atoms with van der Waals surface area (Å²) in [5.74, 6) is -2.60. The second-order valence-electron chi connectivity index (χ2n) is 3.55. The Morgan fingerprint density at radius 1 is 1.42 bits per heavy atom. The third-order valence-electron chi connectivity index (χ3n) is 2.11. The van der Waals surface area contributed by atoms with E-state index in [1.165, 1.54) is 0 Å². The molecular weight excluding hydrogens is 338 g/mol. The van der Waals surface area contributed by atoms with Gasteiger partial charge >= 0.3 is 6.18 Å². The summed E-state index contributed by atoms with van der Waals surface area (Å²) in [6, 6.07) is 1.55. The molecule has 1 amide bonds. The van der Waals surface area contributed by atoms with Crippen LogP contribution in [0.15, 0.2) is 16.6 Å². The first-order valence-electron chi connectivity index (χ1n) is 4.84. The van der Waals surface area contributed by atoms with Gasteiger partial charge in [-0.05, 0) is 28.1 Å². The Labute approximate surface area is 113 Å². The molecule has 0 bridgehead atoms.